The Kier molecular flexibility index (Phi) is 3.84. The number of ether oxygens (including phenoxy) is 1. The summed E-state index contributed by atoms with van der Waals surface area (Å²) in [5.41, 5.74) is 2.11. The fourth-order valence-corrected chi connectivity index (χ4v) is 2.73. The SMILES string of the molecule is CC(=O)c1ccc2c(c1)N(Cc1ccccc1F)CC(C)O2. The maximum absolute atomic E-state index is 13.9. The number of anilines is 1. The second-order valence-corrected chi connectivity index (χ2v) is 5.64. The molecule has 0 saturated carbocycles. The quantitative estimate of drug-likeness (QED) is 0.807. The summed E-state index contributed by atoms with van der Waals surface area (Å²) in [6.07, 6.45) is 0.0162. The minimum atomic E-state index is -0.217. The Bertz CT molecular complexity index is 714. The van der Waals surface area contributed by atoms with Crippen LogP contribution in [0.25, 0.3) is 0 Å². The third-order valence-electron chi connectivity index (χ3n) is 3.83. The number of hydrogen-bond donors (Lipinski definition) is 0. The highest BCUT2D eigenvalue weighted by Gasteiger charge is 2.24. The zero-order valence-electron chi connectivity index (χ0n) is 12.7. The lowest BCUT2D eigenvalue weighted by Gasteiger charge is -2.35. The van der Waals surface area contributed by atoms with Gasteiger partial charge in [-0.1, -0.05) is 18.2 Å². The van der Waals surface area contributed by atoms with Gasteiger partial charge in [-0.2, -0.15) is 0 Å². The number of rotatable bonds is 3. The number of benzene rings is 2. The molecule has 4 heteroatoms. The molecule has 1 unspecified atom stereocenters. The average molecular weight is 299 g/mol. The van der Waals surface area contributed by atoms with E-state index in [0.29, 0.717) is 24.2 Å². The molecule has 1 heterocycles. The number of hydrogen-bond acceptors (Lipinski definition) is 3. The van der Waals surface area contributed by atoms with Crippen molar-refractivity contribution in [3.63, 3.8) is 0 Å². The number of ketones is 1. The maximum atomic E-state index is 13.9. The van der Waals surface area contributed by atoms with Crippen LogP contribution in [0.4, 0.5) is 10.1 Å². The summed E-state index contributed by atoms with van der Waals surface area (Å²) < 4.78 is 19.7. The monoisotopic (exact) mass is 299 g/mol. The van der Waals surface area contributed by atoms with E-state index in [4.69, 9.17) is 4.74 Å². The van der Waals surface area contributed by atoms with E-state index in [1.54, 1.807) is 18.2 Å². The van der Waals surface area contributed by atoms with Gasteiger partial charge in [-0.15, -0.1) is 0 Å². The summed E-state index contributed by atoms with van der Waals surface area (Å²) in [6, 6.07) is 12.2. The van der Waals surface area contributed by atoms with Crippen LogP contribution in [0.2, 0.25) is 0 Å². The van der Waals surface area contributed by atoms with Gasteiger partial charge in [0.25, 0.3) is 0 Å². The van der Waals surface area contributed by atoms with Gasteiger partial charge in [0.15, 0.2) is 5.78 Å². The molecule has 0 aliphatic carbocycles. The highest BCUT2D eigenvalue weighted by atomic mass is 19.1. The molecule has 2 aromatic carbocycles. The van der Waals surface area contributed by atoms with Gasteiger partial charge in [-0.25, -0.2) is 4.39 Å². The number of halogens is 1. The highest BCUT2D eigenvalue weighted by molar-refractivity contribution is 5.95. The summed E-state index contributed by atoms with van der Waals surface area (Å²) in [4.78, 5) is 13.7. The molecule has 0 N–H and O–H groups in total. The standard InChI is InChI=1S/C18H18FNO2/c1-12-10-20(11-15-5-3-4-6-16(15)19)17-9-14(13(2)21)7-8-18(17)22-12/h3-9,12H,10-11H2,1-2H3. The molecular formula is C18H18FNO2. The van der Waals surface area contributed by atoms with Crippen molar-refractivity contribution in [2.75, 3.05) is 11.4 Å². The highest BCUT2D eigenvalue weighted by Crippen LogP contribution is 2.35. The zero-order chi connectivity index (χ0) is 15.7. The Morgan fingerprint density at radius 1 is 1.32 bits per heavy atom. The predicted molar refractivity (Wildman–Crippen MR) is 84.0 cm³/mol. The number of nitrogens with zero attached hydrogens (tertiary/aromatic N) is 1. The van der Waals surface area contributed by atoms with E-state index in [1.165, 1.54) is 13.0 Å². The maximum Gasteiger partial charge on any atom is 0.159 e. The molecule has 0 fully saturated rings. The molecule has 1 aliphatic heterocycles. The summed E-state index contributed by atoms with van der Waals surface area (Å²) in [7, 11) is 0. The van der Waals surface area contributed by atoms with Gasteiger partial charge in [-0.05, 0) is 38.1 Å². The zero-order valence-corrected chi connectivity index (χ0v) is 12.7. The minimum Gasteiger partial charge on any atom is -0.487 e. The largest absolute Gasteiger partial charge is 0.487 e. The number of carbonyl (C=O) groups is 1. The predicted octanol–water partition coefficient (Wildman–Crippen LogP) is 3.82. The smallest absolute Gasteiger partial charge is 0.159 e. The number of fused-ring (bicyclic) bond motifs is 1. The molecule has 0 saturated heterocycles. The van der Waals surface area contributed by atoms with E-state index in [9.17, 15) is 9.18 Å². The first-order chi connectivity index (χ1) is 10.5. The second kappa shape index (κ2) is 5.79. The topological polar surface area (TPSA) is 29.5 Å². The minimum absolute atomic E-state index is 0.00673. The molecule has 22 heavy (non-hydrogen) atoms. The van der Waals surface area contributed by atoms with Crippen molar-refractivity contribution in [3.05, 3.63) is 59.4 Å². The second-order valence-electron chi connectivity index (χ2n) is 5.64. The molecule has 0 aromatic heterocycles. The van der Waals surface area contributed by atoms with Crippen LogP contribution in [0.15, 0.2) is 42.5 Å². The van der Waals surface area contributed by atoms with Crippen LogP contribution < -0.4 is 9.64 Å². The van der Waals surface area contributed by atoms with Crippen LogP contribution in [-0.4, -0.2) is 18.4 Å². The van der Waals surface area contributed by atoms with Crippen LogP contribution in [0, 0.1) is 5.82 Å². The van der Waals surface area contributed by atoms with E-state index >= 15 is 0 Å². The molecule has 0 bridgehead atoms. The summed E-state index contributed by atoms with van der Waals surface area (Å²) in [5, 5.41) is 0. The number of Topliss-reactive ketones (excluding diaryl/α,β-unsaturated/α-hetero) is 1. The molecule has 1 aliphatic rings. The Labute approximate surface area is 129 Å². The summed E-state index contributed by atoms with van der Waals surface area (Å²) >= 11 is 0. The van der Waals surface area contributed by atoms with Crippen molar-refractivity contribution in [1.29, 1.82) is 0 Å². The van der Waals surface area contributed by atoms with Gasteiger partial charge in [-0.3, -0.25) is 4.79 Å². The first kappa shape index (κ1) is 14.6. The molecule has 2 aromatic rings. The Hall–Kier alpha value is -2.36. The lowest BCUT2D eigenvalue weighted by molar-refractivity contribution is 0.101. The van der Waals surface area contributed by atoms with Crippen LogP contribution in [-0.2, 0) is 6.54 Å². The van der Waals surface area contributed by atoms with Gasteiger partial charge < -0.3 is 9.64 Å². The van der Waals surface area contributed by atoms with Crippen molar-refractivity contribution in [1.82, 2.24) is 0 Å². The third kappa shape index (κ3) is 2.82. The van der Waals surface area contributed by atoms with Crippen molar-refractivity contribution >= 4 is 11.5 Å². The fraction of sp³-hybridized carbons (Fsp3) is 0.278. The van der Waals surface area contributed by atoms with Crippen LogP contribution in [0.5, 0.6) is 5.75 Å². The van der Waals surface area contributed by atoms with Gasteiger partial charge >= 0.3 is 0 Å². The van der Waals surface area contributed by atoms with Gasteiger partial charge in [0.1, 0.15) is 17.7 Å². The molecule has 0 spiro atoms. The van der Waals surface area contributed by atoms with E-state index in [0.717, 1.165) is 11.4 Å². The van der Waals surface area contributed by atoms with E-state index in [-0.39, 0.29) is 17.7 Å². The van der Waals surface area contributed by atoms with E-state index in [2.05, 4.69) is 4.90 Å². The number of carbonyl (C=O) groups excluding carboxylic acids is 1. The molecule has 3 rings (SSSR count). The lowest BCUT2D eigenvalue weighted by atomic mass is 10.1. The molecule has 3 nitrogen and oxygen atoms in total. The normalized spacial score (nSPS) is 16.9. The van der Waals surface area contributed by atoms with Crippen LogP contribution in [0.1, 0.15) is 29.8 Å². The molecule has 114 valence electrons. The molecular weight excluding hydrogens is 281 g/mol. The fourth-order valence-electron chi connectivity index (χ4n) is 2.73. The van der Waals surface area contributed by atoms with E-state index in [1.807, 2.05) is 25.1 Å². The summed E-state index contributed by atoms with van der Waals surface area (Å²) in [6.45, 7) is 4.63. The van der Waals surface area contributed by atoms with Crippen LogP contribution in [0.3, 0.4) is 0 Å². The van der Waals surface area contributed by atoms with Gasteiger partial charge in [0, 0.05) is 17.7 Å². The van der Waals surface area contributed by atoms with Crippen molar-refractivity contribution in [2.45, 2.75) is 26.5 Å². The molecule has 0 amide bonds. The Balaban J connectivity index is 1.97. The van der Waals surface area contributed by atoms with Crippen molar-refractivity contribution in [3.8, 4) is 5.75 Å². The first-order valence-corrected chi connectivity index (χ1v) is 7.34. The lowest BCUT2D eigenvalue weighted by Crippen LogP contribution is -2.38. The van der Waals surface area contributed by atoms with Crippen molar-refractivity contribution < 1.29 is 13.9 Å². The van der Waals surface area contributed by atoms with Crippen molar-refractivity contribution in [2.24, 2.45) is 0 Å². The Morgan fingerprint density at radius 2 is 2.09 bits per heavy atom. The van der Waals surface area contributed by atoms with Gasteiger partial charge in [0.2, 0.25) is 0 Å². The first-order valence-electron chi connectivity index (χ1n) is 7.34. The van der Waals surface area contributed by atoms with E-state index < -0.39 is 0 Å². The molecule has 1 atom stereocenters. The molecule has 0 radical (unpaired) electrons. The van der Waals surface area contributed by atoms with Crippen LogP contribution >= 0.6 is 0 Å². The Morgan fingerprint density at radius 3 is 2.82 bits per heavy atom. The van der Waals surface area contributed by atoms with Gasteiger partial charge in [0.05, 0.1) is 12.2 Å². The third-order valence-corrected chi connectivity index (χ3v) is 3.83. The average Bonchev–Trinajstić information content (AvgIpc) is 2.49. The summed E-state index contributed by atoms with van der Waals surface area (Å²) in [5.74, 6) is 0.526.